The first-order valence-electron chi connectivity index (χ1n) is 22.3. The topological polar surface area (TPSA) is 123 Å². The molecule has 9 nitrogen and oxygen atoms in total. The number of aliphatic carboxylic acids is 1. The summed E-state index contributed by atoms with van der Waals surface area (Å²) < 4.78 is 6.21. The number of hydrogen-bond donors (Lipinski definition) is 3. The zero-order valence-electron chi connectivity index (χ0n) is 37.4. The first-order chi connectivity index (χ1) is 26.5. The molecule has 0 aromatic heterocycles. The molecule has 57 heavy (non-hydrogen) atoms. The number of carboxylic acid groups (broad SMARTS) is 1. The summed E-state index contributed by atoms with van der Waals surface area (Å²) >= 11 is 0. The van der Waals surface area contributed by atoms with Crippen molar-refractivity contribution < 1.29 is 24.2 Å². The van der Waals surface area contributed by atoms with Crippen molar-refractivity contribution in [1.29, 1.82) is 5.41 Å². The number of carbonyl (C=O) groups is 3. The van der Waals surface area contributed by atoms with Crippen LogP contribution in [0.25, 0.3) is 0 Å². The minimum absolute atomic E-state index is 0.0204. The highest BCUT2D eigenvalue weighted by molar-refractivity contribution is 6.14. The summed E-state index contributed by atoms with van der Waals surface area (Å²) in [6.45, 7) is 24.3. The van der Waals surface area contributed by atoms with Gasteiger partial charge in [0.15, 0.2) is 5.78 Å². The van der Waals surface area contributed by atoms with Crippen molar-refractivity contribution in [2.75, 3.05) is 46.8 Å². The number of nitrogens with one attached hydrogen (secondary N) is 2. The highest BCUT2D eigenvalue weighted by Gasteiger charge is 2.69. The summed E-state index contributed by atoms with van der Waals surface area (Å²) in [5.74, 6) is -0.0730. The van der Waals surface area contributed by atoms with Crippen molar-refractivity contribution in [3.8, 4) is 0 Å². The van der Waals surface area contributed by atoms with E-state index in [9.17, 15) is 24.9 Å². The van der Waals surface area contributed by atoms with Crippen LogP contribution < -0.4 is 5.32 Å². The fourth-order valence-electron chi connectivity index (χ4n) is 13.7. The largest absolute Gasteiger partial charge is 0.481 e. The maximum Gasteiger partial charge on any atom is 0.309 e. The number of esters is 1. The predicted molar refractivity (Wildman–Crippen MR) is 228 cm³/mol. The van der Waals surface area contributed by atoms with Crippen molar-refractivity contribution in [3.63, 3.8) is 0 Å². The van der Waals surface area contributed by atoms with Crippen LogP contribution in [-0.2, 0) is 19.1 Å². The molecule has 0 bridgehead atoms. The molecule has 4 saturated carbocycles. The summed E-state index contributed by atoms with van der Waals surface area (Å²) in [7, 11) is 4.27. The number of carbonyl (C=O) groups excluding carboxylic acids is 2. The van der Waals surface area contributed by atoms with E-state index < -0.39 is 17.4 Å². The SMILES string of the molecule is CC(C)C1=C2C(=N)C3CCC4C5(C)CCC(OC(=O)CC(C)(C)C(=O)O)C(C)(C)C5CCC4(C)[C@]3(C)CCC2(CCN(CCN(C)C)CC2=CCNC=C2)CC1=O. The molecule has 8 atom stereocenters. The molecule has 5 aliphatic carbocycles. The van der Waals surface area contributed by atoms with E-state index in [0.717, 1.165) is 107 Å². The smallest absolute Gasteiger partial charge is 0.309 e. The second-order valence-electron chi connectivity index (χ2n) is 21.9. The molecule has 1 heterocycles. The number of ether oxygens (including phenoxy) is 1. The molecule has 0 amide bonds. The van der Waals surface area contributed by atoms with E-state index in [0.29, 0.717) is 18.3 Å². The van der Waals surface area contributed by atoms with E-state index in [4.69, 9.17) is 4.74 Å². The summed E-state index contributed by atoms with van der Waals surface area (Å²) in [6.07, 6.45) is 15.5. The van der Waals surface area contributed by atoms with Crippen LogP contribution in [-0.4, -0.2) is 91.3 Å². The lowest BCUT2D eigenvalue weighted by atomic mass is 9.35. The second-order valence-corrected chi connectivity index (χ2v) is 21.9. The zero-order chi connectivity index (χ0) is 41.9. The van der Waals surface area contributed by atoms with Gasteiger partial charge in [0.1, 0.15) is 6.10 Å². The van der Waals surface area contributed by atoms with Crippen LogP contribution >= 0.6 is 0 Å². The Bertz CT molecular complexity index is 1710. The van der Waals surface area contributed by atoms with Crippen molar-refractivity contribution >= 4 is 23.4 Å². The van der Waals surface area contributed by atoms with Crippen molar-refractivity contribution in [2.45, 2.75) is 139 Å². The van der Waals surface area contributed by atoms with Crippen LogP contribution in [0.1, 0.15) is 133 Å². The van der Waals surface area contributed by atoms with Gasteiger partial charge in [-0.15, -0.1) is 0 Å². The molecule has 0 aromatic rings. The number of Topliss-reactive ketones (excluding diaryl/α,β-unsaturated/α-hetero) is 1. The molecule has 1 aliphatic heterocycles. The fraction of sp³-hybridized carbons (Fsp3) is 0.792. The standard InChI is InChI=1S/C48H76N4O5/c1-31(2)39-34(53)28-48(22-25-52(27-26-51(10)11)30-32-16-23-50-24-17-32)21-20-46(8)33(41(49)40(39)48)12-13-36-45(7)18-15-37(57-38(54)29-43(3,4)42(55)56)44(5,6)35(45)14-19-47(36,46)9/h16-17,23,31,33,35-37,49-50H,12-15,18-22,24-30H2,1-11H3,(H,55,56)/t33?,35?,36?,37?,45?,46-,47?,48?/m1/s1. The lowest BCUT2D eigenvalue weighted by molar-refractivity contribution is -0.226. The Morgan fingerprint density at radius 1 is 0.965 bits per heavy atom. The van der Waals surface area contributed by atoms with Crippen LogP contribution in [0, 0.1) is 61.6 Å². The monoisotopic (exact) mass is 789 g/mol. The number of allylic oxidation sites excluding steroid dienone is 2. The molecule has 0 radical (unpaired) electrons. The number of carboxylic acids is 1. The summed E-state index contributed by atoms with van der Waals surface area (Å²) in [4.78, 5) is 44.0. The maximum absolute atomic E-state index is 14.1. The molecule has 6 aliphatic rings. The first kappa shape index (κ1) is 43.8. The third-order valence-electron chi connectivity index (χ3n) is 17.2. The van der Waals surface area contributed by atoms with Gasteiger partial charge in [-0.05, 0) is 150 Å². The van der Waals surface area contributed by atoms with Gasteiger partial charge in [-0.1, -0.05) is 54.5 Å². The van der Waals surface area contributed by atoms with E-state index in [1.54, 1.807) is 13.8 Å². The van der Waals surface area contributed by atoms with Gasteiger partial charge in [0.25, 0.3) is 0 Å². The Morgan fingerprint density at radius 3 is 2.32 bits per heavy atom. The number of ketones is 1. The summed E-state index contributed by atoms with van der Waals surface area (Å²) in [5, 5.41) is 23.2. The highest BCUT2D eigenvalue weighted by atomic mass is 16.5. The van der Waals surface area contributed by atoms with E-state index >= 15 is 0 Å². The van der Waals surface area contributed by atoms with Gasteiger partial charge in [0.2, 0.25) is 0 Å². The fourth-order valence-corrected chi connectivity index (χ4v) is 13.7. The first-order valence-corrected chi connectivity index (χ1v) is 22.3. The molecule has 0 saturated heterocycles. The minimum atomic E-state index is -1.17. The Labute approximate surface area is 344 Å². The van der Waals surface area contributed by atoms with Crippen molar-refractivity contribution in [3.05, 3.63) is 35.1 Å². The lowest BCUT2D eigenvalue weighted by Crippen LogP contribution is -2.65. The quantitative estimate of drug-likeness (QED) is 0.159. The molecule has 318 valence electrons. The zero-order valence-corrected chi connectivity index (χ0v) is 37.4. The van der Waals surface area contributed by atoms with Gasteiger partial charge in [-0.2, -0.15) is 0 Å². The van der Waals surface area contributed by atoms with Gasteiger partial charge < -0.3 is 25.5 Å². The number of dihydropyridines is 1. The molecule has 7 unspecified atom stereocenters. The van der Waals surface area contributed by atoms with Crippen molar-refractivity contribution in [1.82, 2.24) is 15.1 Å². The Kier molecular flexibility index (Phi) is 12.0. The highest BCUT2D eigenvalue weighted by Crippen LogP contribution is 2.74. The van der Waals surface area contributed by atoms with Crippen LogP contribution in [0.15, 0.2) is 35.1 Å². The average molecular weight is 789 g/mol. The molecule has 4 fully saturated rings. The lowest BCUT2D eigenvalue weighted by Gasteiger charge is -2.70. The molecule has 9 heteroatoms. The van der Waals surface area contributed by atoms with Crippen molar-refractivity contribution in [2.24, 2.45) is 56.2 Å². The predicted octanol–water partition coefficient (Wildman–Crippen LogP) is 8.70. The summed E-state index contributed by atoms with van der Waals surface area (Å²) in [5.41, 5.74) is 2.45. The minimum Gasteiger partial charge on any atom is -0.481 e. The number of rotatable bonds is 13. The van der Waals surface area contributed by atoms with Gasteiger partial charge in [0, 0.05) is 60.6 Å². The van der Waals surface area contributed by atoms with E-state index in [2.05, 4.69) is 89.8 Å². The number of likely N-dealkylation sites (N-methyl/N-ethyl adjacent to an activating group) is 1. The molecular formula is C48H76N4O5. The third kappa shape index (κ3) is 7.64. The second kappa shape index (κ2) is 15.7. The number of fused-ring (bicyclic) bond motifs is 6. The number of nitrogens with zero attached hydrogens (tertiary/aromatic N) is 2. The Balaban J connectivity index is 1.29. The molecule has 0 spiro atoms. The van der Waals surface area contributed by atoms with Gasteiger partial charge in [-0.3, -0.25) is 19.3 Å². The van der Waals surface area contributed by atoms with E-state index in [-0.39, 0.29) is 57.2 Å². The molecule has 0 aromatic carbocycles. The van der Waals surface area contributed by atoms with Crippen LogP contribution in [0.4, 0.5) is 0 Å². The van der Waals surface area contributed by atoms with E-state index in [1.165, 1.54) is 5.57 Å². The third-order valence-corrected chi connectivity index (χ3v) is 17.2. The van der Waals surface area contributed by atoms with Crippen LogP contribution in [0.5, 0.6) is 0 Å². The normalized spacial score (nSPS) is 36.3. The van der Waals surface area contributed by atoms with E-state index in [1.807, 2.05) is 6.20 Å². The van der Waals surface area contributed by atoms with Gasteiger partial charge >= 0.3 is 11.9 Å². The average Bonchev–Trinajstić information content (AvgIpc) is 3.38. The molecule has 3 N–H and O–H groups in total. The van der Waals surface area contributed by atoms with Gasteiger partial charge in [0.05, 0.1) is 11.8 Å². The maximum atomic E-state index is 14.1. The molecule has 6 rings (SSSR count). The van der Waals surface area contributed by atoms with Gasteiger partial charge in [-0.25, -0.2) is 0 Å². The Hall–Kier alpha value is -2.78. The van der Waals surface area contributed by atoms with Crippen LogP contribution in [0.3, 0.4) is 0 Å². The Morgan fingerprint density at radius 2 is 1.68 bits per heavy atom. The molecular weight excluding hydrogens is 713 g/mol. The summed E-state index contributed by atoms with van der Waals surface area (Å²) in [6, 6.07) is 0. The van der Waals surface area contributed by atoms with Crippen LogP contribution in [0.2, 0.25) is 0 Å². The number of hydrogen-bond acceptors (Lipinski definition) is 8.